The molecule has 2 rings (SSSR count). The summed E-state index contributed by atoms with van der Waals surface area (Å²) in [5.74, 6) is 0.836. The second-order valence-electron chi connectivity index (χ2n) is 3.47. The fourth-order valence-corrected chi connectivity index (χ4v) is 2.17. The number of benzene rings is 2. The average molecular weight is 311 g/mol. The van der Waals surface area contributed by atoms with Crippen molar-refractivity contribution in [3.63, 3.8) is 0 Å². The zero-order valence-corrected chi connectivity index (χ0v) is 11.7. The third-order valence-corrected chi connectivity index (χ3v) is 3.10. The van der Waals surface area contributed by atoms with Gasteiger partial charge in [-0.15, -0.1) is 0 Å². The first-order valence-electron chi connectivity index (χ1n) is 5.31. The van der Waals surface area contributed by atoms with E-state index >= 15 is 0 Å². The van der Waals surface area contributed by atoms with Gasteiger partial charge < -0.3 is 4.74 Å². The maximum absolute atomic E-state index is 6.17. The molecule has 3 heteroatoms. The van der Waals surface area contributed by atoms with Gasteiger partial charge in [0.25, 0.3) is 0 Å². The highest BCUT2D eigenvalue weighted by Gasteiger charge is 2.09. The molecule has 0 saturated carbocycles. The molecule has 0 unspecified atom stereocenters. The van der Waals surface area contributed by atoms with Gasteiger partial charge in [0.2, 0.25) is 0 Å². The van der Waals surface area contributed by atoms with Gasteiger partial charge >= 0.3 is 0 Å². The van der Waals surface area contributed by atoms with E-state index in [1.54, 1.807) is 6.07 Å². The molecule has 2 aromatic carbocycles. The van der Waals surface area contributed by atoms with Crippen LogP contribution in [0.4, 0.5) is 0 Å². The summed E-state index contributed by atoms with van der Waals surface area (Å²) in [7, 11) is 0. The van der Waals surface area contributed by atoms with Crippen LogP contribution < -0.4 is 4.74 Å². The van der Waals surface area contributed by atoms with Crippen LogP contribution >= 0.6 is 27.5 Å². The summed E-state index contributed by atoms with van der Waals surface area (Å²) in [5, 5.41) is 0.598. The minimum atomic E-state index is 0.598. The van der Waals surface area contributed by atoms with Crippen LogP contribution in [0.2, 0.25) is 5.02 Å². The molecule has 0 spiro atoms. The lowest BCUT2D eigenvalue weighted by molar-refractivity contribution is 0.341. The molecule has 0 bridgehead atoms. The Morgan fingerprint density at radius 3 is 2.82 bits per heavy atom. The number of para-hydroxylation sites is 1. The zero-order chi connectivity index (χ0) is 12.3. The van der Waals surface area contributed by atoms with E-state index in [0.29, 0.717) is 11.6 Å². The van der Waals surface area contributed by atoms with E-state index in [1.165, 1.54) is 0 Å². The Morgan fingerprint density at radius 2 is 2.06 bits per heavy atom. The Hall–Kier alpha value is -0.990. The lowest BCUT2D eigenvalue weighted by Gasteiger charge is -2.11. The van der Waals surface area contributed by atoms with E-state index in [0.717, 1.165) is 21.3 Å². The highest BCUT2D eigenvalue weighted by atomic mass is 79.9. The molecule has 0 fully saturated rings. The molecule has 1 nitrogen and oxygen atoms in total. The molecule has 0 aliphatic heterocycles. The van der Waals surface area contributed by atoms with E-state index < -0.39 is 0 Å². The van der Waals surface area contributed by atoms with Gasteiger partial charge in [-0.2, -0.15) is 0 Å². The van der Waals surface area contributed by atoms with Gasteiger partial charge in [0.05, 0.1) is 11.6 Å². The van der Waals surface area contributed by atoms with Crippen molar-refractivity contribution in [1.82, 2.24) is 0 Å². The molecule has 0 amide bonds. The number of ether oxygens (including phenoxy) is 1. The number of rotatable bonds is 3. The standard InChI is InChI=1S/C14H11BrClO/c1-2-17-14-6-4-3-5-11(14)12-9-10(15)7-8-13(12)16/h3-7,9H,2H2,1H3. The molecular formula is C14H11BrClO. The van der Waals surface area contributed by atoms with Crippen LogP contribution in [0.3, 0.4) is 0 Å². The lowest BCUT2D eigenvalue weighted by Crippen LogP contribution is -1.94. The fraction of sp³-hybridized carbons (Fsp3) is 0.143. The van der Waals surface area contributed by atoms with E-state index in [9.17, 15) is 0 Å². The second-order valence-corrected chi connectivity index (χ2v) is 4.77. The van der Waals surface area contributed by atoms with Gasteiger partial charge in [0.15, 0.2) is 0 Å². The van der Waals surface area contributed by atoms with Crippen molar-refractivity contribution in [2.75, 3.05) is 6.61 Å². The minimum absolute atomic E-state index is 0.598. The van der Waals surface area contributed by atoms with E-state index in [4.69, 9.17) is 16.3 Å². The topological polar surface area (TPSA) is 9.23 Å². The summed E-state index contributed by atoms with van der Waals surface area (Å²) < 4.78 is 6.55. The zero-order valence-electron chi connectivity index (χ0n) is 9.34. The van der Waals surface area contributed by atoms with Gasteiger partial charge in [-0.1, -0.05) is 45.7 Å². The Morgan fingerprint density at radius 1 is 1.29 bits per heavy atom. The number of hydrogen-bond acceptors (Lipinski definition) is 1. The molecule has 0 atom stereocenters. The molecule has 17 heavy (non-hydrogen) atoms. The van der Waals surface area contributed by atoms with Gasteiger partial charge in [-0.3, -0.25) is 0 Å². The van der Waals surface area contributed by atoms with Crippen molar-refractivity contribution in [2.45, 2.75) is 6.92 Å². The van der Waals surface area contributed by atoms with Gasteiger partial charge in [-0.05, 0) is 25.1 Å². The first-order valence-corrected chi connectivity index (χ1v) is 6.48. The van der Waals surface area contributed by atoms with Crippen molar-refractivity contribution in [2.24, 2.45) is 0 Å². The summed E-state index contributed by atoms with van der Waals surface area (Å²) in [6.07, 6.45) is 0. The second kappa shape index (κ2) is 5.56. The van der Waals surface area contributed by atoms with Crippen LogP contribution in [0.5, 0.6) is 5.75 Å². The molecule has 0 N–H and O–H groups in total. The molecule has 0 saturated heterocycles. The van der Waals surface area contributed by atoms with Crippen LogP contribution in [0.15, 0.2) is 40.9 Å². The average Bonchev–Trinajstić information content (AvgIpc) is 2.34. The highest BCUT2D eigenvalue weighted by Crippen LogP contribution is 2.36. The Kier molecular flexibility index (Phi) is 4.08. The van der Waals surface area contributed by atoms with Crippen molar-refractivity contribution >= 4 is 27.5 Å². The first-order chi connectivity index (χ1) is 8.22. The number of hydrogen-bond donors (Lipinski definition) is 0. The van der Waals surface area contributed by atoms with E-state index in [2.05, 4.69) is 22.0 Å². The van der Waals surface area contributed by atoms with Crippen molar-refractivity contribution in [1.29, 1.82) is 0 Å². The first kappa shape index (κ1) is 12.5. The van der Waals surface area contributed by atoms with Crippen LogP contribution in [-0.4, -0.2) is 6.61 Å². The highest BCUT2D eigenvalue weighted by molar-refractivity contribution is 9.10. The fourth-order valence-electron chi connectivity index (χ4n) is 1.62. The van der Waals surface area contributed by atoms with Crippen LogP contribution in [0.25, 0.3) is 11.1 Å². The monoisotopic (exact) mass is 309 g/mol. The van der Waals surface area contributed by atoms with Crippen molar-refractivity contribution < 1.29 is 4.74 Å². The Bertz CT molecular complexity index is 525. The maximum atomic E-state index is 6.17. The molecule has 2 aromatic rings. The largest absolute Gasteiger partial charge is 0.493 e. The van der Waals surface area contributed by atoms with Gasteiger partial charge in [0, 0.05) is 21.7 Å². The normalized spacial score (nSPS) is 10.3. The smallest absolute Gasteiger partial charge is 0.127 e. The van der Waals surface area contributed by atoms with Crippen LogP contribution in [-0.2, 0) is 0 Å². The van der Waals surface area contributed by atoms with Gasteiger partial charge in [0.1, 0.15) is 5.75 Å². The van der Waals surface area contributed by atoms with E-state index in [-0.39, 0.29) is 0 Å². The quantitative estimate of drug-likeness (QED) is 0.778. The molecular weight excluding hydrogens is 300 g/mol. The minimum Gasteiger partial charge on any atom is -0.493 e. The molecule has 0 aromatic heterocycles. The lowest BCUT2D eigenvalue weighted by atomic mass is 10.0. The Balaban J connectivity index is 2.55. The number of halogens is 2. The SMILES string of the molecule is CCOc1ccccc1-c1cc(Br)c[c]c1Cl. The molecule has 0 aliphatic carbocycles. The molecule has 1 radical (unpaired) electrons. The van der Waals surface area contributed by atoms with Crippen molar-refractivity contribution in [3.05, 3.63) is 52.0 Å². The molecule has 0 heterocycles. The van der Waals surface area contributed by atoms with Gasteiger partial charge in [-0.25, -0.2) is 0 Å². The Labute approximate surface area is 115 Å². The maximum Gasteiger partial charge on any atom is 0.127 e. The summed E-state index contributed by atoms with van der Waals surface area (Å²) in [5.41, 5.74) is 1.90. The summed E-state index contributed by atoms with van der Waals surface area (Å²) >= 11 is 9.60. The molecule has 0 aliphatic rings. The molecule has 87 valence electrons. The summed E-state index contributed by atoms with van der Waals surface area (Å²) in [6, 6.07) is 14.6. The predicted molar refractivity (Wildman–Crippen MR) is 74.6 cm³/mol. The van der Waals surface area contributed by atoms with Crippen molar-refractivity contribution in [3.8, 4) is 16.9 Å². The van der Waals surface area contributed by atoms with E-state index in [1.807, 2.05) is 37.3 Å². The third kappa shape index (κ3) is 2.82. The van der Waals surface area contributed by atoms with Crippen LogP contribution in [0.1, 0.15) is 6.92 Å². The van der Waals surface area contributed by atoms with Crippen LogP contribution in [0, 0.1) is 6.07 Å². The predicted octanol–water partition coefficient (Wildman–Crippen LogP) is 4.97. The third-order valence-electron chi connectivity index (χ3n) is 2.33. The summed E-state index contributed by atoms with van der Waals surface area (Å²) in [6.45, 7) is 2.60. The summed E-state index contributed by atoms with van der Waals surface area (Å²) in [4.78, 5) is 0.